The van der Waals surface area contributed by atoms with Crippen LogP contribution in [-0.4, -0.2) is 29.7 Å². The predicted octanol–water partition coefficient (Wildman–Crippen LogP) is 2.88. The summed E-state index contributed by atoms with van der Waals surface area (Å²) in [7, 11) is -3.72. The number of hydrogen-bond donors (Lipinski definition) is 2. The Bertz CT molecular complexity index is 920. The summed E-state index contributed by atoms with van der Waals surface area (Å²) in [4.78, 5) is 15.2. The van der Waals surface area contributed by atoms with Crippen LogP contribution in [-0.2, 0) is 9.84 Å². The fraction of sp³-hybridized carbons (Fsp3) is 0.294. The van der Waals surface area contributed by atoms with E-state index in [1.807, 2.05) is 0 Å². The van der Waals surface area contributed by atoms with Crippen LogP contribution in [0.4, 0.5) is 10.1 Å². The number of benzene rings is 1. The highest BCUT2D eigenvalue weighted by molar-refractivity contribution is 7.92. The molecule has 1 aliphatic rings. The first-order valence-corrected chi connectivity index (χ1v) is 9.39. The molecular formula is C17H17FN2O4S. The maximum absolute atomic E-state index is 13.2. The molecule has 2 aromatic rings. The lowest BCUT2D eigenvalue weighted by molar-refractivity contribution is 0.0691. The summed E-state index contributed by atoms with van der Waals surface area (Å²) in [5, 5.41) is 8.70. The largest absolute Gasteiger partial charge is 0.476 e. The summed E-state index contributed by atoms with van der Waals surface area (Å²) in [6.45, 7) is 0. The Kier molecular flexibility index (Phi) is 4.47. The molecule has 25 heavy (non-hydrogen) atoms. The number of anilines is 1. The molecule has 0 unspecified atom stereocenters. The Morgan fingerprint density at radius 2 is 1.80 bits per heavy atom. The van der Waals surface area contributed by atoms with Crippen LogP contribution in [0.15, 0.2) is 35.2 Å². The zero-order chi connectivity index (χ0) is 18.2. The summed E-state index contributed by atoms with van der Waals surface area (Å²) in [5.41, 5.74) is 5.39. The lowest BCUT2D eigenvalue weighted by Crippen LogP contribution is -2.20. The smallest absolute Gasteiger partial charge is 0.356 e. The van der Waals surface area contributed by atoms with E-state index in [9.17, 15) is 22.7 Å². The number of nitrogens with zero attached hydrogens (tertiary/aromatic N) is 1. The molecule has 3 N–H and O–H groups in total. The fourth-order valence-corrected chi connectivity index (χ4v) is 5.13. The molecule has 0 bridgehead atoms. The van der Waals surface area contributed by atoms with Crippen molar-refractivity contribution in [1.29, 1.82) is 0 Å². The van der Waals surface area contributed by atoms with Crippen molar-refractivity contribution in [2.45, 2.75) is 35.8 Å². The number of hydrogen-bond acceptors (Lipinski definition) is 5. The highest BCUT2D eigenvalue weighted by atomic mass is 32.2. The summed E-state index contributed by atoms with van der Waals surface area (Å²) < 4.78 is 39.2. The lowest BCUT2D eigenvalue weighted by atomic mass is 10.1. The van der Waals surface area contributed by atoms with E-state index in [1.165, 1.54) is 24.3 Å². The van der Waals surface area contributed by atoms with E-state index >= 15 is 0 Å². The third-order valence-electron chi connectivity index (χ3n) is 4.38. The number of halogens is 1. The van der Waals surface area contributed by atoms with Gasteiger partial charge in [0.05, 0.1) is 21.5 Å². The number of nitrogen functional groups attached to an aromatic ring is 1. The monoisotopic (exact) mass is 364 g/mol. The van der Waals surface area contributed by atoms with Crippen LogP contribution in [0, 0.1) is 5.82 Å². The zero-order valence-corrected chi connectivity index (χ0v) is 14.1. The van der Waals surface area contributed by atoms with Crippen LogP contribution in [0.3, 0.4) is 0 Å². The summed E-state index contributed by atoms with van der Waals surface area (Å²) >= 11 is 0. The topological polar surface area (TPSA) is 110 Å². The molecule has 1 fully saturated rings. The molecule has 6 nitrogen and oxygen atoms in total. The highest BCUT2D eigenvalue weighted by Crippen LogP contribution is 2.36. The Hall–Kier alpha value is -2.48. The second-order valence-corrected chi connectivity index (χ2v) is 8.23. The van der Waals surface area contributed by atoms with Gasteiger partial charge in [-0.2, -0.15) is 0 Å². The zero-order valence-electron chi connectivity index (χ0n) is 13.3. The summed E-state index contributed by atoms with van der Waals surface area (Å²) in [5.74, 6) is -1.84. The molecule has 0 spiro atoms. The van der Waals surface area contributed by atoms with E-state index in [2.05, 4.69) is 4.98 Å². The van der Waals surface area contributed by atoms with Crippen LogP contribution < -0.4 is 5.73 Å². The summed E-state index contributed by atoms with van der Waals surface area (Å²) in [6.07, 6.45) is 2.75. The van der Waals surface area contributed by atoms with Gasteiger partial charge in [0.1, 0.15) is 5.82 Å². The Labute approximate surface area is 144 Å². The van der Waals surface area contributed by atoms with Gasteiger partial charge < -0.3 is 10.8 Å². The molecule has 1 aromatic carbocycles. The van der Waals surface area contributed by atoms with Gasteiger partial charge in [0, 0.05) is 5.56 Å². The molecule has 8 heteroatoms. The number of aromatic nitrogens is 1. The second-order valence-electron chi connectivity index (χ2n) is 6.04. The number of pyridine rings is 1. The van der Waals surface area contributed by atoms with Crippen molar-refractivity contribution >= 4 is 21.5 Å². The van der Waals surface area contributed by atoms with Gasteiger partial charge in [0.2, 0.25) is 0 Å². The molecule has 0 aliphatic heterocycles. The Morgan fingerprint density at radius 1 is 1.20 bits per heavy atom. The third-order valence-corrected chi connectivity index (χ3v) is 6.66. The van der Waals surface area contributed by atoms with Crippen molar-refractivity contribution in [2.75, 3.05) is 5.73 Å². The quantitative estimate of drug-likeness (QED) is 0.863. The number of carboxylic acid groups (broad SMARTS) is 1. The number of rotatable bonds is 4. The first kappa shape index (κ1) is 17.3. The van der Waals surface area contributed by atoms with E-state index in [1.54, 1.807) is 0 Å². The molecule has 3 rings (SSSR count). The van der Waals surface area contributed by atoms with Crippen LogP contribution in [0.25, 0.3) is 11.3 Å². The minimum atomic E-state index is -3.72. The highest BCUT2D eigenvalue weighted by Gasteiger charge is 2.34. The number of sulfone groups is 1. The normalized spacial score (nSPS) is 15.4. The number of aromatic carboxylic acids is 1. The van der Waals surface area contributed by atoms with E-state index in [-0.39, 0.29) is 16.3 Å². The average Bonchev–Trinajstić information content (AvgIpc) is 3.10. The molecule has 0 radical (unpaired) electrons. The standard InChI is InChI=1S/C17H17FN2O4S/c18-11-7-5-10(6-8-11)15-14(9-13(19)16(20-15)17(21)22)25(23,24)12-3-1-2-4-12/h5-9,12H,1-4,19H2,(H,21,22). The first-order valence-electron chi connectivity index (χ1n) is 7.84. The fourth-order valence-electron chi connectivity index (χ4n) is 3.09. The van der Waals surface area contributed by atoms with Crippen molar-refractivity contribution in [3.05, 3.63) is 41.8 Å². The lowest BCUT2D eigenvalue weighted by Gasteiger charge is -2.16. The van der Waals surface area contributed by atoms with Crippen molar-refractivity contribution < 1.29 is 22.7 Å². The van der Waals surface area contributed by atoms with Gasteiger partial charge in [-0.3, -0.25) is 0 Å². The summed E-state index contributed by atoms with van der Waals surface area (Å²) in [6, 6.07) is 6.22. The molecule has 0 atom stereocenters. The number of carboxylic acids is 1. The maximum atomic E-state index is 13.2. The molecule has 1 saturated carbocycles. The van der Waals surface area contributed by atoms with Crippen molar-refractivity contribution in [2.24, 2.45) is 0 Å². The average molecular weight is 364 g/mol. The van der Waals surface area contributed by atoms with Gasteiger partial charge in [-0.1, -0.05) is 12.8 Å². The van der Waals surface area contributed by atoms with Crippen LogP contribution in [0.5, 0.6) is 0 Å². The van der Waals surface area contributed by atoms with E-state index in [0.717, 1.165) is 18.9 Å². The molecule has 1 aliphatic carbocycles. The Morgan fingerprint density at radius 3 is 2.36 bits per heavy atom. The predicted molar refractivity (Wildman–Crippen MR) is 90.4 cm³/mol. The van der Waals surface area contributed by atoms with Gasteiger partial charge in [-0.15, -0.1) is 0 Å². The van der Waals surface area contributed by atoms with Crippen LogP contribution in [0.2, 0.25) is 0 Å². The van der Waals surface area contributed by atoms with E-state index in [0.29, 0.717) is 18.4 Å². The van der Waals surface area contributed by atoms with Gasteiger partial charge in [0.25, 0.3) is 0 Å². The SMILES string of the molecule is Nc1cc(S(=O)(=O)C2CCCC2)c(-c2ccc(F)cc2)nc1C(=O)O. The molecule has 0 amide bonds. The Balaban J connectivity index is 2.24. The van der Waals surface area contributed by atoms with Crippen molar-refractivity contribution in [3.63, 3.8) is 0 Å². The van der Waals surface area contributed by atoms with Gasteiger partial charge in [-0.25, -0.2) is 22.6 Å². The minimum absolute atomic E-state index is 0.0153. The minimum Gasteiger partial charge on any atom is -0.476 e. The van der Waals surface area contributed by atoms with Crippen LogP contribution >= 0.6 is 0 Å². The van der Waals surface area contributed by atoms with Crippen molar-refractivity contribution in [3.8, 4) is 11.3 Å². The van der Waals surface area contributed by atoms with E-state index < -0.39 is 32.6 Å². The number of nitrogens with two attached hydrogens (primary N) is 1. The van der Waals surface area contributed by atoms with E-state index in [4.69, 9.17) is 5.73 Å². The van der Waals surface area contributed by atoms with Gasteiger partial charge in [0.15, 0.2) is 15.5 Å². The molecule has 1 heterocycles. The number of carbonyl (C=O) groups is 1. The van der Waals surface area contributed by atoms with Crippen LogP contribution in [0.1, 0.15) is 36.2 Å². The third kappa shape index (κ3) is 3.21. The maximum Gasteiger partial charge on any atom is 0.356 e. The molecule has 1 aromatic heterocycles. The van der Waals surface area contributed by atoms with Gasteiger partial charge >= 0.3 is 5.97 Å². The molecule has 132 valence electrons. The molecule has 0 saturated heterocycles. The molecular weight excluding hydrogens is 347 g/mol. The second kappa shape index (κ2) is 6.44. The van der Waals surface area contributed by atoms with Gasteiger partial charge in [-0.05, 0) is 43.2 Å². The first-order chi connectivity index (χ1) is 11.8. The van der Waals surface area contributed by atoms with Crippen molar-refractivity contribution in [1.82, 2.24) is 4.98 Å².